The van der Waals surface area contributed by atoms with Crippen LogP contribution in [0, 0.1) is 0 Å². The van der Waals surface area contributed by atoms with Crippen molar-refractivity contribution in [2.24, 2.45) is 0 Å². The van der Waals surface area contributed by atoms with Crippen molar-refractivity contribution in [3.05, 3.63) is 59.1 Å². The standard InChI is InChI=1S/C21H22ClN3O3/c1-14(15-6-5-7-16(22)12-15)24(2)20(27)10-11-21(28)25-13-19(26)23-17-8-3-4-9-18(17)25/h3-9,12,14H,10-11,13H2,1-2H3,(H,23,26). The van der Waals surface area contributed by atoms with Crippen LogP contribution in [0.3, 0.4) is 0 Å². The lowest BCUT2D eigenvalue weighted by atomic mass is 10.1. The number of amides is 3. The molecule has 1 unspecified atom stereocenters. The zero-order chi connectivity index (χ0) is 20.3. The number of halogens is 1. The molecule has 146 valence electrons. The van der Waals surface area contributed by atoms with Gasteiger partial charge in [0.2, 0.25) is 17.7 Å². The first kappa shape index (κ1) is 19.9. The normalized spacial score (nSPS) is 14.1. The third kappa shape index (κ3) is 4.34. The second-order valence-electron chi connectivity index (χ2n) is 6.78. The van der Waals surface area contributed by atoms with E-state index in [-0.39, 0.29) is 43.1 Å². The quantitative estimate of drug-likeness (QED) is 0.834. The molecule has 0 fully saturated rings. The summed E-state index contributed by atoms with van der Waals surface area (Å²) in [6, 6.07) is 14.3. The van der Waals surface area contributed by atoms with E-state index >= 15 is 0 Å². The maximum atomic E-state index is 12.7. The molecule has 1 aliphatic heterocycles. The Labute approximate surface area is 169 Å². The van der Waals surface area contributed by atoms with E-state index in [1.165, 1.54) is 4.90 Å². The van der Waals surface area contributed by atoms with Crippen LogP contribution in [0.4, 0.5) is 11.4 Å². The number of hydrogen-bond donors (Lipinski definition) is 1. The van der Waals surface area contributed by atoms with Crippen LogP contribution < -0.4 is 10.2 Å². The molecule has 2 aromatic carbocycles. The predicted molar refractivity (Wildman–Crippen MR) is 109 cm³/mol. The Morgan fingerprint density at radius 2 is 1.93 bits per heavy atom. The average molecular weight is 400 g/mol. The van der Waals surface area contributed by atoms with Crippen molar-refractivity contribution in [1.82, 2.24) is 4.90 Å². The molecule has 28 heavy (non-hydrogen) atoms. The Bertz CT molecular complexity index is 915. The Hall–Kier alpha value is -2.86. The van der Waals surface area contributed by atoms with Crippen LogP contribution in [0.2, 0.25) is 5.02 Å². The fourth-order valence-corrected chi connectivity index (χ4v) is 3.39. The summed E-state index contributed by atoms with van der Waals surface area (Å²) in [4.78, 5) is 40.2. The molecule has 1 aliphatic rings. The molecule has 3 amide bonds. The zero-order valence-electron chi connectivity index (χ0n) is 15.8. The number of carbonyl (C=O) groups excluding carboxylic acids is 3. The number of carbonyl (C=O) groups is 3. The molecule has 7 heteroatoms. The Kier molecular flexibility index (Phi) is 5.99. The molecule has 3 rings (SSSR count). The molecular formula is C21H22ClN3O3. The van der Waals surface area contributed by atoms with Gasteiger partial charge in [-0.15, -0.1) is 0 Å². The van der Waals surface area contributed by atoms with E-state index in [1.807, 2.05) is 31.2 Å². The second-order valence-corrected chi connectivity index (χ2v) is 7.22. The van der Waals surface area contributed by atoms with E-state index in [1.54, 1.807) is 36.2 Å². The minimum absolute atomic E-state index is 0.0348. The Morgan fingerprint density at radius 1 is 1.18 bits per heavy atom. The van der Waals surface area contributed by atoms with Crippen LogP contribution >= 0.6 is 11.6 Å². The summed E-state index contributed by atoms with van der Waals surface area (Å²) in [5.41, 5.74) is 2.18. The summed E-state index contributed by atoms with van der Waals surface area (Å²) in [5, 5.41) is 3.36. The first-order valence-corrected chi connectivity index (χ1v) is 9.45. The third-order valence-corrected chi connectivity index (χ3v) is 5.16. The van der Waals surface area contributed by atoms with E-state index in [4.69, 9.17) is 11.6 Å². The van der Waals surface area contributed by atoms with E-state index in [0.29, 0.717) is 16.4 Å². The summed E-state index contributed by atoms with van der Waals surface area (Å²) in [6.45, 7) is 1.87. The summed E-state index contributed by atoms with van der Waals surface area (Å²) in [5.74, 6) is -0.639. The van der Waals surface area contributed by atoms with Gasteiger partial charge in [-0.05, 0) is 36.8 Å². The second kappa shape index (κ2) is 8.44. The molecule has 0 bridgehead atoms. The van der Waals surface area contributed by atoms with Gasteiger partial charge in [0, 0.05) is 24.9 Å². The molecule has 0 saturated carbocycles. The number of fused-ring (bicyclic) bond motifs is 1. The van der Waals surface area contributed by atoms with E-state index in [9.17, 15) is 14.4 Å². The molecule has 0 saturated heterocycles. The summed E-state index contributed by atoms with van der Waals surface area (Å²) >= 11 is 6.03. The summed E-state index contributed by atoms with van der Waals surface area (Å²) in [6.07, 6.45) is 0.105. The highest BCUT2D eigenvalue weighted by molar-refractivity contribution is 6.30. The number of para-hydroxylation sites is 2. The minimum atomic E-state index is -0.251. The largest absolute Gasteiger partial charge is 0.339 e. The predicted octanol–water partition coefficient (Wildman–Crippen LogP) is 3.62. The van der Waals surface area contributed by atoms with E-state index in [0.717, 1.165) is 5.56 Å². The van der Waals surface area contributed by atoms with Gasteiger partial charge < -0.3 is 15.1 Å². The molecule has 2 aromatic rings. The zero-order valence-corrected chi connectivity index (χ0v) is 16.6. The maximum absolute atomic E-state index is 12.7. The molecule has 1 N–H and O–H groups in total. The number of rotatable bonds is 5. The first-order chi connectivity index (χ1) is 13.4. The highest BCUT2D eigenvalue weighted by atomic mass is 35.5. The van der Waals surface area contributed by atoms with Crippen LogP contribution in [0.5, 0.6) is 0 Å². The fourth-order valence-electron chi connectivity index (χ4n) is 3.19. The molecular weight excluding hydrogens is 378 g/mol. The first-order valence-electron chi connectivity index (χ1n) is 9.07. The Morgan fingerprint density at radius 3 is 2.68 bits per heavy atom. The van der Waals surface area contributed by atoms with Gasteiger partial charge >= 0.3 is 0 Å². The van der Waals surface area contributed by atoms with Crippen molar-refractivity contribution in [3.63, 3.8) is 0 Å². The van der Waals surface area contributed by atoms with Gasteiger partial charge in [0.25, 0.3) is 0 Å². The lowest BCUT2D eigenvalue weighted by Gasteiger charge is -2.30. The van der Waals surface area contributed by atoms with Crippen molar-refractivity contribution in [1.29, 1.82) is 0 Å². The summed E-state index contributed by atoms with van der Waals surface area (Å²) < 4.78 is 0. The van der Waals surface area contributed by atoms with E-state index in [2.05, 4.69) is 5.32 Å². The molecule has 0 spiro atoms. The topological polar surface area (TPSA) is 69.7 Å². The molecule has 6 nitrogen and oxygen atoms in total. The van der Waals surface area contributed by atoms with E-state index < -0.39 is 0 Å². The molecule has 0 aromatic heterocycles. The fraction of sp³-hybridized carbons (Fsp3) is 0.286. The smallest absolute Gasteiger partial charge is 0.244 e. The average Bonchev–Trinajstić information content (AvgIpc) is 2.69. The SMILES string of the molecule is CC(c1cccc(Cl)c1)N(C)C(=O)CCC(=O)N1CC(=O)Nc2ccccc21. The maximum Gasteiger partial charge on any atom is 0.244 e. The van der Waals surface area contributed by atoms with Gasteiger partial charge in [-0.3, -0.25) is 14.4 Å². The summed E-state index contributed by atoms with van der Waals surface area (Å²) in [7, 11) is 1.71. The molecule has 0 aliphatic carbocycles. The van der Waals surface area contributed by atoms with Gasteiger partial charge in [-0.25, -0.2) is 0 Å². The highest BCUT2D eigenvalue weighted by Crippen LogP contribution is 2.29. The number of benzene rings is 2. The van der Waals surface area contributed by atoms with Gasteiger partial charge in [-0.1, -0.05) is 35.9 Å². The van der Waals surface area contributed by atoms with Crippen LogP contribution in [-0.4, -0.2) is 36.2 Å². The number of nitrogens with one attached hydrogen (secondary N) is 1. The highest BCUT2D eigenvalue weighted by Gasteiger charge is 2.27. The van der Waals surface area contributed by atoms with Gasteiger partial charge in [0.15, 0.2) is 0 Å². The molecule has 1 atom stereocenters. The number of hydrogen-bond acceptors (Lipinski definition) is 3. The van der Waals surface area contributed by atoms with Crippen molar-refractivity contribution in [2.45, 2.75) is 25.8 Å². The third-order valence-electron chi connectivity index (χ3n) is 4.93. The van der Waals surface area contributed by atoms with Crippen LogP contribution in [-0.2, 0) is 14.4 Å². The number of nitrogens with zero attached hydrogens (tertiary/aromatic N) is 2. The van der Waals surface area contributed by atoms with Crippen molar-refractivity contribution in [3.8, 4) is 0 Å². The van der Waals surface area contributed by atoms with Crippen LogP contribution in [0.25, 0.3) is 0 Å². The van der Waals surface area contributed by atoms with Gasteiger partial charge in [-0.2, -0.15) is 0 Å². The monoisotopic (exact) mass is 399 g/mol. The van der Waals surface area contributed by atoms with Crippen LogP contribution in [0.15, 0.2) is 48.5 Å². The van der Waals surface area contributed by atoms with Crippen LogP contribution in [0.1, 0.15) is 31.4 Å². The molecule has 0 radical (unpaired) electrons. The lowest BCUT2D eigenvalue weighted by molar-refractivity contribution is -0.133. The van der Waals surface area contributed by atoms with Crippen molar-refractivity contribution in [2.75, 3.05) is 23.8 Å². The lowest BCUT2D eigenvalue weighted by Crippen LogP contribution is -2.42. The Balaban J connectivity index is 1.63. The van der Waals surface area contributed by atoms with Crippen molar-refractivity contribution >= 4 is 40.7 Å². The molecule has 1 heterocycles. The number of anilines is 2. The van der Waals surface area contributed by atoms with Crippen molar-refractivity contribution < 1.29 is 14.4 Å². The minimum Gasteiger partial charge on any atom is -0.339 e. The van der Waals surface area contributed by atoms with Gasteiger partial charge in [0.1, 0.15) is 6.54 Å². The van der Waals surface area contributed by atoms with Gasteiger partial charge in [0.05, 0.1) is 17.4 Å².